The summed E-state index contributed by atoms with van der Waals surface area (Å²) < 4.78 is 0. The van der Waals surface area contributed by atoms with Gasteiger partial charge in [0, 0.05) is 12.6 Å². The number of hydrogen-bond acceptors (Lipinski definition) is 4. The zero-order chi connectivity index (χ0) is 17.4. The molecule has 0 amide bonds. The van der Waals surface area contributed by atoms with Crippen LogP contribution in [0, 0.1) is 13.8 Å². The summed E-state index contributed by atoms with van der Waals surface area (Å²) in [6.07, 6.45) is 3.99. The number of pyridine rings is 1. The fraction of sp³-hybridized carbons (Fsp3) is 0.316. The van der Waals surface area contributed by atoms with Crippen molar-refractivity contribution in [2.24, 2.45) is 5.10 Å². The summed E-state index contributed by atoms with van der Waals surface area (Å²) in [5, 5.41) is 13.3. The summed E-state index contributed by atoms with van der Waals surface area (Å²) in [6.45, 7) is 4.10. The number of anilines is 1. The molecule has 0 aliphatic heterocycles. The summed E-state index contributed by atoms with van der Waals surface area (Å²) in [5.41, 5.74) is 8.04. The molecule has 0 atom stereocenters. The molecule has 2 N–H and O–H groups in total. The molecule has 0 aliphatic rings. The summed E-state index contributed by atoms with van der Waals surface area (Å²) in [6, 6.07) is 11.9. The summed E-state index contributed by atoms with van der Waals surface area (Å²) >= 11 is 0. The number of benzene rings is 1. The number of aryl methyl sites for hydroxylation is 2. The highest BCUT2D eigenvalue weighted by Gasteiger charge is 2.06. The first-order valence-electron chi connectivity index (χ1n) is 8.08. The number of carbonyl (C=O) groups is 1. The second-order valence-electron chi connectivity index (χ2n) is 5.86. The van der Waals surface area contributed by atoms with Crippen molar-refractivity contribution in [2.75, 3.05) is 5.43 Å². The van der Waals surface area contributed by atoms with E-state index in [9.17, 15) is 4.79 Å². The Balaban J connectivity index is 2.10. The van der Waals surface area contributed by atoms with Crippen molar-refractivity contribution in [2.45, 2.75) is 39.5 Å². The molecule has 0 saturated heterocycles. The van der Waals surface area contributed by atoms with Gasteiger partial charge in [-0.15, -0.1) is 0 Å². The minimum absolute atomic E-state index is 0.181. The predicted octanol–water partition coefficient (Wildman–Crippen LogP) is 4.16. The van der Waals surface area contributed by atoms with Crippen molar-refractivity contribution in [1.82, 2.24) is 4.98 Å². The molecule has 1 aromatic carbocycles. The smallest absolute Gasteiger partial charge is 0.303 e. The van der Waals surface area contributed by atoms with Crippen LogP contribution in [0.1, 0.15) is 42.5 Å². The lowest BCUT2D eigenvalue weighted by molar-refractivity contribution is -0.137. The molecule has 0 fully saturated rings. The Kier molecular flexibility index (Phi) is 6.49. The predicted molar refractivity (Wildman–Crippen MR) is 96.4 cm³/mol. The van der Waals surface area contributed by atoms with Crippen molar-refractivity contribution in [3.05, 3.63) is 59.4 Å². The fourth-order valence-electron chi connectivity index (χ4n) is 2.51. The van der Waals surface area contributed by atoms with Crippen molar-refractivity contribution >= 4 is 17.4 Å². The van der Waals surface area contributed by atoms with Crippen LogP contribution in [0.4, 0.5) is 5.69 Å². The highest BCUT2D eigenvalue weighted by atomic mass is 16.4. The molecule has 24 heavy (non-hydrogen) atoms. The number of hydrogen-bond donors (Lipinski definition) is 2. The highest BCUT2D eigenvalue weighted by molar-refractivity contribution is 5.99. The van der Waals surface area contributed by atoms with Crippen molar-refractivity contribution in [3.8, 4) is 0 Å². The first kappa shape index (κ1) is 17.7. The van der Waals surface area contributed by atoms with Crippen LogP contribution >= 0.6 is 0 Å². The van der Waals surface area contributed by atoms with E-state index in [0.717, 1.165) is 23.5 Å². The molecular formula is C19H23N3O2. The number of hydrazone groups is 1. The minimum Gasteiger partial charge on any atom is -0.481 e. The lowest BCUT2D eigenvalue weighted by Gasteiger charge is -2.08. The van der Waals surface area contributed by atoms with Gasteiger partial charge < -0.3 is 5.11 Å². The van der Waals surface area contributed by atoms with Gasteiger partial charge in [0.05, 0.1) is 17.1 Å². The highest BCUT2D eigenvalue weighted by Crippen LogP contribution is 2.15. The monoisotopic (exact) mass is 325 g/mol. The van der Waals surface area contributed by atoms with Crippen LogP contribution in [0.25, 0.3) is 0 Å². The van der Waals surface area contributed by atoms with E-state index in [1.54, 1.807) is 6.20 Å². The van der Waals surface area contributed by atoms with Crippen LogP contribution in [0.2, 0.25) is 0 Å². The number of carboxylic acid groups (broad SMARTS) is 1. The van der Waals surface area contributed by atoms with Gasteiger partial charge in [0.25, 0.3) is 0 Å². The van der Waals surface area contributed by atoms with Crippen molar-refractivity contribution in [3.63, 3.8) is 0 Å². The number of unbranched alkanes of at least 4 members (excludes halogenated alkanes) is 1. The van der Waals surface area contributed by atoms with Gasteiger partial charge in [0.2, 0.25) is 0 Å². The van der Waals surface area contributed by atoms with Crippen LogP contribution in [0.15, 0.2) is 47.7 Å². The van der Waals surface area contributed by atoms with Crippen LogP contribution in [-0.2, 0) is 4.79 Å². The number of carboxylic acids is 1. The molecule has 2 aromatic rings. The van der Waals surface area contributed by atoms with Gasteiger partial charge in [0.1, 0.15) is 0 Å². The Hall–Kier alpha value is -2.69. The van der Waals surface area contributed by atoms with Gasteiger partial charge in [-0.2, -0.15) is 5.10 Å². The zero-order valence-corrected chi connectivity index (χ0v) is 14.1. The molecule has 0 bridgehead atoms. The Morgan fingerprint density at radius 3 is 2.46 bits per heavy atom. The van der Waals surface area contributed by atoms with E-state index in [1.807, 2.05) is 44.2 Å². The molecule has 126 valence electrons. The van der Waals surface area contributed by atoms with Crippen LogP contribution < -0.4 is 5.43 Å². The second-order valence-corrected chi connectivity index (χ2v) is 5.86. The molecule has 0 saturated carbocycles. The van der Waals surface area contributed by atoms with E-state index in [4.69, 9.17) is 5.11 Å². The van der Waals surface area contributed by atoms with E-state index < -0.39 is 5.97 Å². The largest absolute Gasteiger partial charge is 0.481 e. The van der Waals surface area contributed by atoms with Gasteiger partial charge in [-0.1, -0.05) is 12.1 Å². The SMILES string of the molecule is Cc1cc(C)cc(N/N=C(/CCCCC(=O)O)c2ccccn2)c1. The number of aliphatic carboxylic acids is 1. The average molecular weight is 325 g/mol. The Labute approximate surface area is 142 Å². The van der Waals surface area contributed by atoms with Gasteiger partial charge in [-0.25, -0.2) is 0 Å². The van der Waals surface area contributed by atoms with Crippen LogP contribution in [0.3, 0.4) is 0 Å². The normalized spacial score (nSPS) is 11.3. The lowest BCUT2D eigenvalue weighted by atomic mass is 10.1. The maximum absolute atomic E-state index is 10.6. The molecule has 1 aromatic heterocycles. The third-order valence-corrected chi connectivity index (χ3v) is 3.56. The molecule has 2 rings (SSSR count). The standard InChI is InChI=1S/C19H23N3O2/c1-14-11-15(2)13-16(12-14)21-22-18(8-3-4-9-19(23)24)17-7-5-6-10-20-17/h5-7,10-13,21H,3-4,8-9H2,1-2H3,(H,23,24)/b22-18-. The summed E-state index contributed by atoms with van der Waals surface area (Å²) in [5.74, 6) is -0.764. The summed E-state index contributed by atoms with van der Waals surface area (Å²) in [7, 11) is 0. The minimum atomic E-state index is -0.764. The second kappa shape index (κ2) is 8.82. The van der Waals surface area contributed by atoms with E-state index in [1.165, 1.54) is 11.1 Å². The quantitative estimate of drug-likeness (QED) is 0.434. The van der Waals surface area contributed by atoms with Gasteiger partial charge in [-0.05, 0) is 68.5 Å². The number of nitrogens with one attached hydrogen (secondary N) is 1. The van der Waals surface area contributed by atoms with Crippen LogP contribution in [0.5, 0.6) is 0 Å². The fourth-order valence-corrected chi connectivity index (χ4v) is 2.51. The molecule has 5 nitrogen and oxygen atoms in total. The molecular weight excluding hydrogens is 302 g/mol. The molecule has 0 spiro atoms. The van der Waals surface area contributed by atoms with Gasteiger partial charge in [0.15, 0.2) is 0 Å². The molecule has 1 heterocycles. The maximum Gasteiger partial charge on any atom is 0.303 e. The molecule has 5 heteroatoms. The maximum atomic E-state index is 10.6. The number of nitrogens with zero attached hydrogens (tertiary/aromatic N) is 2. The molecule has 0 unspecified atom stereocenters. The Morgan fingerprint density at radius 1 is 1.12 bits per heavy atom. The Bertz CT molecular complexity index is 692. The van der Waals surface area contributed by atoms with Gasteiger partial charge in [-0.3, -0.25) is 15.2 Å². The van der Waals surface area contributed by atoms with E-state index in [0.29, 0.717) is 12.8 Å². The summed E-state index contributed by atoms with van der Waals surface area (Å²) in [4.78, 5) is 15.0. The number of rotatable bonds is 8. The van der Waals surface area contributed by atoms with E-state index in [-0.39, 0.29) is 6.42 Å². The first-order chi connectivity index (χ1) is 11.5. The van der Waals surface area contributed by atoms with E-state index in [2.05, 4.69) is 21.6 Å². The topological polar surface area (TPSA) is 74.6 Å². The van der Waals surface area contributed by atoms with E-state index >= 15 is 0 Å². The average Bonchev–Trinajstić information content (AvgIpc) is 2.54. The van der Waals surface area contributed by atoms with Crippen molar-refractivity contribution in [1.29, 1.82) is 0 Å². The van der Waals surface area contributed by atoms with Crippen LogP contribution in [-0.4, -0.2) is 21.8 Å². The zero-order valence-electron chi connectivity index (χ0n) is 14.1. The number of aromatic nitrogens is 1. The third kappa shape index (κ3) is 5.83. The van der Waals surface area contributed by atoms with Gasteiger partial charge >= 0.3 is 5.97 Å². The Morgan fingerprint density at radius 2 is 1.83 bits per heavy atom. The van der Waals surface area contributed by atoms with Crippen molar-refractivity contribution < 1.29 is 9.90 Å². The lowest BCUT2D eigenvalue weighted by Crippen LogP contribution is -2.07. The third-order valence-electron chi connectivity index (χ3n) is 3.56. The first-order valence-corrected chi connectivity index (χ1v) is 8.08. The molecule has 0 aliphatic carbocycles. The molecule has 0 radical (unpaired) electrons.